The highest BCUT2D eigenvalue weighted by atomic mass is 32.2. The first kappa shape index (κ1) is 20.5. The van der Waals surface area contributed by atoms with Crippen molar-refractivity contribution in [1.82, 2.24) is 9.62 Å². The highest BCUT2D eigenvalue weighted by Gasteiger charge is 2.22. The van der Waals surface area contributed by atoms with E-state index >= 15 is 0 Å². The predicted octanol–water partition coefficient (Wildman–Crippen LogP) is 2.69. The van der Waals surface area contributed by atoms with E-state index in [4.69, 9.17) is 0 Å². The molecule has 1 atom stereocenters. The molecule has 8 heteroatoms. The average Bonchev–Trinajstić information content (AvgIpc) is 2.51. The van der Waals surface area contributed by atoms with Gasteiger partial charge in [0.2, 0.25) is 10.0 Å². The van der Waals surface area contributed by atoms with Crippen molar-refractivity contribution >= 4 is 15.7 Å². The van der Waals surface area contributed by atoms with Gasteiger partial charge in [-0.05, 0) is 51.9 Å². The lowest BCUT2D eigenvalue weighted by atomic mass is 10.2. The van der Waals surface area contributed by atoms with Gasteiger partial charge in [-0.2, -0.15) is 0 Å². The van der Waals surface area contributed by atoms with Crippen LogP contribution >= 0.6 is 0 Å². The summed E-state index contributed by atoms with van der Waals surface area (Å²) in [4.78, 5) is 12.5. The summed E-state index contributed by atoms with van der Waals surface area (Å²) >= 11 is 0. The Morgan fingerprint density at radius 2 is 1.92 bits per heavy atom. The standard InChI is InChI=1S/C16H27N3O4S/c1-5-18(6-2)11-7-8-14(4)17-24(22,23)16-12-15(19(20)21)10-9-13(16)3/h9-10,12,14,17H,5-8,11H2,1-4H3/t14-/m1/s1. The molecule has 7 nitrogen and oxygen atoms in total. The number of nitro groups is 1. The fourth-order valence-corrected chi connectivity index (χ4v) is 4.08. The number of hydrogen-bond donors (Lipinski definition) is 1. The Hall–Kier alpha value is -1.51. The lowest BCUT2D eigenvalue weighted by Gasteiger charge is -2.20. The van der Waals surface area contributed by atoms with Crippen LogP contribution in [0.3, 0.4) is 0 Å². The van der Waals surface area contributed by atoms with Gasteiger partial charge in [-0.3, -0.25) is 10.1 Å². The van der Waals surface area contributed by atoms with Gasteiger partial charge in [0.15, 0.2) is 0 Å². The van der Waals surface area contributed by atoms with E-state index in [-0.39, 0.29) is 16.6 Å². The Morgan fingerprint density at radius 1 is 1.29 bits per heavy atom. The molecule has 0 aromatic heterocycles. The van der Waals surface area contributed by atoms with Crippen LogP contribution in [-0.4, -0.2) is 43.9 Å². The number of aryl methyl sites for hydroxylation is 1. The molecule has 1 aromatic rings. The Bertz CT molecular complexity index is 657. The summed E-state index contributed by atoms with van der Waals surface area (Å²) < 4.78 is 27.6. The Morgan fingerprint density at radius 3 is 2.46 bits per heavy atom. The predicted molar refractivity (Wildman–Crippen MR) is 94.6 cm³/mol. The number of nitro benzene ring substituents is 1. The van der Waals surface area contributed by atoms with Crippen molar-refractivity contribution in [3.63, 3.8) is 0 Å². The summed E-state index contributed by atoms with van der Waals surface area (Å²) in [5, 5.41) is 10.9. The van der Waals surface area contributed by atoms with E-state index in [0.29, 0.717) is 12.0 Å². The fourth-order valence-electron chi connectivity index (χ4n) is 2.54. The van der Waals surface area contributed by atoms with Crippen LogP contribution in [0.4, 0.5) is 5.69 Å². The van der Waals surface area contributed by atoms with E-state index in [0.717, 1.165) is 32.1 Å². The molecular formula is C16H27N3O4S. The maximum absolute atomic E-state index is 12.5. The quantitative estimate of drug-likeness (QED) is 0.513. The van der Waals surface area contributed by atoms with E-state index in [1.807, 2.05) is 6.92 Å². The lowest BCUT2D eigenvalue weighted by Crippen LogP contribution is -2.34. The number of nitrogens with zero attached hydrogens (tertiary/aromatic N) is 2. The van der Waals surface area contributed by atoms with Gasteiger partial charge in [0.1, 0.15) is 0 Å². The maximum atomic E-state index is 12.5. The van der Waals surface area contributed by atoms with Crippen LogP contribution in [0.1, 0.15) is 39.2 Å². The molecule has 0 spiro atoms. The number of rotatable bonds is 10. The van der Waals surface area contributed by atoms with Gasteiger partial charge in [-0.15, -0.1) is 0 Å². The molecule has 0 aliphatic heterocycles. The van der Waals surface area contributed by atoms with E-state index in [1.165, 1.54) is 12.1 Å². The van der Waals surface area contributed by atoms with Crippen LogP contribution < -0.4 is 4.72 Å². The first-order chi connectivity index (χ1) is 11.2. The van der Waals surface area contributed by atoms with Crippen molar-refractivity contribution in [2.45, 2.75) is 51.5 Å². The van der Waals surface area contributed by atoms with E-state index in [2.05, 4.69) is 23.5 Å². The van der Waals surface area contributed by atoms with E-state index in [9.17, 15) is 18.5 Å². The molecule has 0 aliphatic rings. The summed E-state index contributed by atoms with van der Waals surface area (Å²) in [6.07, 6.45) is 1.60. The zero-order valence-corrected chi connectivity index (χ0v) is 15.6. The van der Waals surface area contributed by atoms with Crippen molar-refractivity contribution < 1.29 is 13.3 Å². The van der Waals surface area contributed by atoms with Gasteiger partial charge in [-0.1, -0.05) is 19.9 Å². The highest BCUT2D eigenvalue weighted by Crippen LogP contribution is 2.22. The average molecular weight is 357 g/mol. The molecule has 0 aliphatic carbocycles. The molecule has 0 saturated carbocycles. The zero-order chi connectivity index (χ0) is 18.3. The second kappa shape index (κ2) is 9.10. The van der Waals surface area contributed by atoms with Gasteiger partial charge < -0.3 is 4.90 Å². The number of hydrogen-bond acceptors (Lipinski definition) is 5. The molecule has 0 fully saturated rings. The Balaban J connectivity index is 2.75. The molecule has 0 unspecified atom stereocenters. The minimum absolute atomic E-state index is 0.0349. The van der Waals surface area contributed by atoms with Gasteiger partial charge in [-0.25, -0.2) is 13.1 Å². The fraction of sp³-hybridized carbons (Fsp3) is 0.625. The molecule has 1 N–H and O–H groups in total. The van der Waals surface area contributed by atoms with E-state index in [1.54, 1.807) is 6.92 Å². The summed E-state index contributed by atoms with van der Waals surface area (Å²) in [5.74, 6) is 0. The molecule has 1 aromatic carbocycles. The summed E-state index contributed by atoms with van der Waals surface area (Å²) in [7, 11) is -3.78. The Kier molecular flexibility index (Phi) is 7.78. The smallest absolute Gasteiger partial charge is 0.270 e. The third-order valence-corrected chi connectivity index (χ3v) is 5.77. The molecular weight excluding hydrogens is 330 g/mol. The third kappa shape index (κ3) is 5.85. The van der Waals surface area contributed by atoms with Gasteiger partial charge in [0.25, 0.3) is 5.69 Å². The molecule has 0 radical (unpaired) electrons. The summed E-state index contributed by atoms with van der Waals surface area (Å²) in [5.41, 5.74) is 0.263. The minimum atomic E-state index is -3.78. The van der Waals surface area contributed by atoms with Crippen LogP contribution in [0.2, 0.25) is 0 Å². The van der Waals surface area contributed by atoms with Crippen LogP contribution in [0, 0.1) is 17.0 Å². The molecule has 0 bridgehead atoms. The van der Waals surface area contributed by atoms with Crippen molar-refractivity contribution in [1.29, 1.82) is 0 Å². The monoisotopic (exact) mass is 357 g/mol. The second-order valence-corrected chi connectivity index (χ2v) is 7.58. The number of nitrogens with one attached hydrogen (secondary N) is 1. The van der Waals surface area contributed by atoms with Crippen LogP contribution in [-0.2, 0) is 10.0 Å². The highest BCUT2D eigenvalue weighted by molar-refractivity contribution is 7.89. The second-order valence-electron chi connectivity index (χ2n) is 5.90. The van der Waals surface area contributed by atoms with Gasteiger partial charge >= 0.3 is 0 Å². The SMILES string of the molecule is CCN(CC)CCC[C@@H](C)NS(=O)(=O)c1cc([N+](=O)[O-])ccc1C. The Labute approximate surface area is 144 Å². The largest absolute Gasteiger partial charge is 0.304 e. The molecule has 0 saturated heterocycles. The number of non-ortho nitro benzene ring substituents is 1. The van der Waals surface area contributed by atoms with Crippen LogP contribution in [0.25, 0.3) is 0 Å². The summed E-state index contributed by atoms with van der Waals surface area (Å²) in [6.45, 7) is 10.5. The van der Waals surface area contributed by atoms with Gasteiger partial charge in [0, 0.05) is 18.2 Å². The molecule has 0 amide bonds. The lowest BCUT2D eigenvalue weighted by molar-refractivity contribution is -0.385. The molecule has 0 heterocycles. The first-order valence-electron chi connectivity index (χ1n) is 8.21. The van der Waals surface area contributed by atoms with Crippen molar-refractivity contribution in [2.75, 3.05) is 19.6 Å². The summed E-state index contributed by atoms with van der Waals surface area (Å²) in [6, 6.07) is 3.64. The molecule has 24 heavy (non-hydrogen) atoms. The minimum Gasteiger partial charge on any atom is -0.304 e. The third-order valence-electron chi connectivity index (χ3n) is 4.03. The zero-order valence-electron chi connectivity index (χ0n) is 14.8. The number of benzene rings is 1. The van der Waals surface area contributed by atoms with Gasteiger partial charge in [0.05, 0.1) is 9.82 Å². The van der Waals surface area contributed by atoms with Crippen molar-refractivity contribution in [2.24, 2.45) is 0 Å². The van der Waals surface area contributed by atoms with E-state index < -0.39 is 14.9 Å². The van der Waals surface area contributed by atoms with Crippen molar-refractivity contribution in [3.8, 4) is 0 Å². The molecule has 136 valence electrons. The molecule has 1 rings (SSSR count). The normalized spacial score (nSPS) is 13.2. The van der Waals surface area contributed by atoms with Crippen LogP contribution in [0.5, 0.6) is 0 Å². The first-order valence-corrected chi connectivity index (χ1v) is 9.69. The van der Waals surface area contributed by atoms with Crippen molar-refractivity contribution in [3.05, 3.63) is 33.9 Å². The number of sulfonamides is 1. The maximum Gasteiger partial charge on any atom is 0.270 e. The van der Waals surface area contributed by atoms with Crippen LogP contribution in [0.15, 0.2) is 23.1 Å². The topological polar surface area (TPSA) is 92.6 Å².